The van der Waals surface area contributed by atoms with Gasteiger partial charge in [-0.1, -0.05) is 44.2 Å². The number of anilines is 3. The number of ether oxygens (including phenoxy) is 1. The van der Waals surface area contributed by atoms with Crippen molar-refractivity contribution in [3.05, 3.63) is 84.4 Å². The van der Waals surface area contributed by atoms with Crippen LogP contribution in [0.3, 0.4) is 0 Å². The molecule has 5 nitrogen and oxygen atoms in total. The van der Waals surface area contributed by atoms with Crippen LogP contribution in [0.4, 0.5) is 17.1 Å². The van der Waals surface area contributed by atoms with Gasteiger partial charge in [-0.2, -0.15) is 0 Å². The number of carbonyl (C=O) groups excluding carboxylic acids is 1. The second-order valence-electron chi connectivity index (χ2n) is 7.50. The molecule has 3 N–H and O–H groups in total. The summed E-state index contributed by atoms with van der Waals surface area (Å²) in [6, 6.07) is 24.8. The fourth-order valence-electron chi connectivity index (χ4n) is 2.84. The molecule has 3 rings (SSSR count). The van der Waals surface area contributed by atoms with Crippen molar-refractivity contribution < 1.29 is 9.53 Å². The number of rotatable bonds is 8. The first-order valence-corrected chi connectivity index (χ1v) is 10.7. The van der Waals surface area contributed by atoms with Crippen LogP contribution in [0.5, 0.6) is 5.75 Å². The third-order valence-corrected chi connectivity index (χ3v) is 4.72. The van der Waals surface area contributed by atoms with Crippen LogP contribution < -0.4 is 20.7 Å². The lowest BCUT2D eigenvalue weighted by Gasteiger charge is -2.14. The molecule has 3 aromatic rings. The lowest BCUT2D eigenvalue weighted by atomic mass is 10.1. The lowest BCUT2D eigenvalue weighted by molar-refractivity contribution is 0.0973. The first kappa shape index (κ1) is 22.3. The lowest BCUT2D eigenvalue weighted by Crippen LogP contribution is -2.34. The highest BCUT2D eigenvalue weighted by molar-refractivity contribution is 7.80. The van der Waals surface area contributed by atoms with Crippen molar-refractivity contribution in [3.63, 3.8) is 0 Å². The van der Waals surface area contributed by atoms with Crippen LogP contribution in [-0.4, -0.2) is 17.6 Å². The number of para-hydroxylation sites is 2. The van der Waals surface area contributed by atoms with Gasteiger partial charge < -0.3 is 15.4 Å². The summed E-state index contributed by atoms with van der Waals surface area (Å²) in [5.41, 5.74) is 3.21. The standard InChI is InChI=1S/C25H27N3O2S/c1-18(2)16-17-30-23-11-7-6-10-22(23)24(29)28-25(31)27-21-14-12-20(13-15-21)26-19-8-4-3-5-9-19/h3-15,18,26H,16-17H2,1-2H3,(H2,27,28,29,31). The molecule has 0 saturated heterocycles. The monoisotopic (exact) mass is 433 g/mol. The quantitative estimate of drug-likeness (QED) is 0.381. The second kappa shape index (κ2) is 11.1. The first-order chi connectivity index (χ1) is 15.0. The van der Waals surface area contributed by atoms with Crippen molar-refractivity contribution in [2.45, 2.75) is 20.3 Å². The maximum Gasteiger partial charge on any atom is 0.261 e. The molecule has 160 valence electrons. The Kier molecular flexibility index (Phi) is 8.01. The molecule has 0 fully saturated rings. The summed E-state index contributed by atoms with van der Waals surface area (Å²) in [4.78, 5) is 12.7. The van der Waals surface area contributed by atoms with Crippen LogP contribution in [0.1, 0.15) is 30.6 Å². The second-order valence-corrected chi connectivity index (χ2v) is 7.91. The normalized spacial score (nSPS) is 10.4. The van der Waals surface area contributed by atoms with Gasteiger partial charge in [-0.15, -0.1) is 0 Å². The van der Waals surface area contributed by atoms with Gasteiger partial charge in [-0.3, -0.25) is 10.1 Å². The average molecular weight is 434 g/mol. The van der Waals surface area contributed by atoms with Crippen LogP contribution in [-0.2, 0) is 0 Å². The smallest absolute Gasteiger partial charge is 0.261 e. The van der Waals surface area contributed by atoms with E-state index in [1.807, 2.05) is 60.7 Å². The molecule has 0 spiro atoms. The summed E-state index contributed by atoms with van der Waals surface area (Å²) in [7, 11) is 0. The molecule has 3 aromatic carbocycles. The number of hydrogen-bond acceptors (Lipinski definition) is 4. The molecule has 6 heteroatoms. The molecule has 1 amide bonds. The van der Waals surface area contributed by atoms with Gasteiger partial charge >= 0.3 is 0 Å². The van der Waals surface area contributed by atoms with Crippen molar-refractivity contribution in [2.75, 3.05) is 17.2 Å². The van der Waals surface area contributed by atoms with Gasteiger partial charge in [0.15, 0.2) is 5.11 Å². The van der Waals surface area contributed by atoms with E-state index in [0.29, 0.717) is 23.8 Å². The van der Waals surface area contributed by atoms with Crippen molar-refractivity contribution in [1.82, 2.24) is 5.32 Å². The Balaban J connectivity index is 1.55. The number of amides is 1. The molecule has 0 bridgehead atoms. The maximum absolute atomic E-state index is 12.7. The van der Waals surface area contributed by atoms with Gasteiger partial charge in [0.05, 0.1) is 12.2 Å². The van der Waals surface area contributed by atoms with Crippen molar-refractivity contribution >= 4 is 40.3 Å². The largest absolute Gasteiger partial charge is 0.493 e. The summed E-state index contributed by atoms with van der Waals surface area (Å²) >= 11 is 5.32. The van der Waals surface area contributed by atoms with Crippen LogP contribution in [0.25, 0.3) is 0 Å². The molecule has 0 aliphatic rings. The average Bonchev–Trinajstić information content (AvgIpc) is 2.76. The van der Waals surface area contributed by atoms with E-state index in [4.69, 9.17) is 17.0 Å². The fraction of sp³-hybridized carbons (Fsp3) is 0.200. The minimum absolute atomic E-state index is 0.228. The van der Waals surface area contributed by atoms with Gasteiger partial charge in [-0.25, -0.2) is 0 Å². The maximum atomic E-state index is 12.7. The zero-order valence-electron chi connectivity index (χ0n) is 17.7. The number of carbonyl (C=O) groups is 1. The van der Waals surface area contributed by atoms with Crippen molar-refractivity contribution in [1.29, 1.82) is 0 Å². The Morgan fingerprint density at radius 3 is 2.19 bits per heavy atom. The minimum atomic E-state index is -0.306. The zero-order chi connectivity index (χ0) is 22.1. The topological polar surface area (TPSA) is 62.4 Å². The molecule has 0 saturated carbocycles. The SMILES string of the molecule is CC(C)CCOc1ccccc1C(=O)NC(=S)Nc1ccc(Nc2ccccc2)cc1. The van der Waals surface area contributed by atoms with E-state index in [-0.39, 0.29) is 11.0 Å². The molecule has 0 aliphatic heterocycles. The van der Waals surface area contributed by atoms with Gasteiger partial charge in [0, 0.05) is 17.1 Å². The number of hydrogen-bond donors (Lipinski definition) is 3. The predicted octanol–water partition coefficient (Wildman–Crippen LogP) is 5.98. The summed E-state index contributed by atoms with van der Waals surface area (Å²) < 4.78 is 5.80. The molecule has 0 radical (unpaired) electrons. The molecular formula is C25H27N3O2S. The summed E-state index contributed by atoms with van der Waals surface area (Å²) in [6.07, 6.45) is 0.922. The highest BCUT2D eigenvalue weighted by Crippen LogP contribution is 2.20. The molecule has 31 heavy (non-hydrogen) atoms. The van der Waals surface area contributed by atoms with Gasteiger partial charge in [-0.05, 0) is 73.1 Å². The molecular weight excluding hydrogens is 406 g/mol. The van der Waals surface area contributed by atoms with Crippen LogP contribution in [0.15, 0.2) is 78.9 Å². The Hall–Kier alpha value is -3.38. The third-order valence-electron chi connectivity index (χ3n) is 4.52. The van der Waals surface area contributed by atoms with E-state index in [1.54, 1.807) is 18.2 Å². The number of benzene rings is 3. The summed E-state index contributed by atoms with van der Waals surface area (Å²) in [6.45, 7) is 4.83. The minimum Gasteiger partial charge on any atom is -0.493 e. The van der Waals surface area contributed by atoms with E-state index < -0.39 is 0 Å². The first-order valence-electron chi connectivity index (χ1n) is 10.3. The molecule has 0 heterocycles. The Morgan fingerprint density at radius 1 is 0.871 bits per heavy atom. The highest BCUT2D eigenvalue weighted by Gasteiger charge is 2.14. The summed E-state index contributed by atoms with van der Waals surface area (Å²) in [5.74, 6) is 0.784. The van der Waals surface area contributed by atoms with Crippen molar-refractivity contribution in [3.8, 4) is 5.75 Å². The molecule has 0 aromatic heterocycles. The number of thiocarbonyl (C=S) groups is 1. The van der Waals surface area contributed by atoms with E-state index in [0.717, 1.165) is 23.5 Å². The van der Waals surface area contributed by atoms with E-state index >= 15 is 0 Å². The van der Waals surface area contributed by atoms with Gasteiger partial charge in [0.1, 0.15) is 5.75 Å². The van der Waals surface area contributed by atoms with Crippen LogP contribution in [0.2, 0.25) is 0 Å². The van der Waals surface area contributed by atoms with E-state index in [9.17, 15) is 4.79 Å². The molecule has 0 atom stereocenters. The van der Waals surface area contributed by atoms with Gasteiger partial charge in [0.25, 0.3) is 5.91 Å². The number of nitrogens with one attached hydrogen (secondary N) is 3. The molecule has 0 unspecified atom stereocenters. The van der Waals surface area contributed by atoms with E-state index in [2.05, 4.69) is 29.8 Å². The van der Waals surface area contributed by atoms with Crippen molar-refractivity contribution in [2.24, 2.45) is 5.92 Å². The Bertz CT molecular complexity index is 1000. The summed E-state index contributed by atoms with van der Waals surface area (Å²) in [5, 5.41) is 9.32. The fourth-order valence-corrected chi connectivity index (χ4v) is 3.05. The van der Waals surface area contributed by atoms with Gasteiger partial charge in [0.2, 0.25) is 0 Å². The molecule has 0 aliphatic carbocycles. The zero-order valence-corrected chi connectivity index (χ0v) is 18.5. The third kappa shape index (κ3) is 7.12. The highest BCUT2D eigenvalue weighted by atomic mass is 32.1. The Morgan fingerprint density at radius 2 is 1.48 bits per heavy atom. The predicted molar refractivity (Wildman–Crippen MR) is 131 cm³/mol. The Labute approximate surface area is 188 Å². The van der Waals surface area contributed by atoms with Crippen LogP contribution >= 0.6 is 12.2 Å². The van der Waals surface area contributed by atoms with E-state index in [1.165, 1.54) is 0 Å². The van der Waals surface area contributed by atoms with Crippen LogP contribution in [0, 0.1) is 5.92 Å².